The van der Waals surface area contributed by atoms with Crippen LogP contribution in [0.1, 0.15) is 35.3 Å². The van der Waals surface area contributed by atoms with E-state index < -0.39 is 0 Å². The van der Waals surface area contributed by atoms with E-state index in [1.807, 2.05) is 17.7 Å². The van der Waals surface area contributed by atoms with Crippen LogP contribution in [-0.2, 0) is 7.05 Å². The van der Waals surface area contributed by atoms with Crippen LogP contribution in [0.4, 0.5) is 5.82 Å². The third-order valence-corrected chi connectivity index (χ3v) is 4.16. The molecule has 0 aromatic carbocycles. The van der Waals surface area contributed by atoms with Crippen LogP contribution in [0.5, 0.6) is 0 Å². The van der Waals surface area contributed by atoms with E-state index >= 15 is 0 Å². The van der Waals surface area contributed by atoms with Crippen molar-refractivity contribution in [3.63, 3.8) is 0 Å². The lowest BCUT2D eigenvalue weighted by Gasteiger charge is -2.01. The normalized spacial score (nSPS) is 20.3. The molecule has 3 heterocycles. The van der Waals surface area contributed by atoms with Gasteiger partial charge in [-0.15, -0.1) is 0 Å². The highest BCUT2D eigenvalue weighted by atomic mass is 16.1. The summed E-state index contributed by atoms with van der Waals surface area (Å²) in [5.41, 5.74) is 3.00. The van der Waals surface area contributed by atoms with E-state index in [0.717, 1.165) is 11.3 Å². The first kappa shape index (κ1) is 13.0. The fourth-order valence-electron chi connectivity index (χ4n) is 2.67. The molecule has 1 saturated carbocycles. The van der Waals surface area contributed by atoms with E-state index in [9.17, 15) is 4.79 Å². The summed E-state index contributed by atoms with van der Waals surface area (Å²) in [4.78, 5) is 20.8. The number of nitrogens with one attached hydrogen (secondary N) is 2. The molecule has 3 aromatic heterocycles. The standard InChI is InChI=1S/C15H16N6O/c1-8-3-10(8)11-5-13(20-19-11)18-15(22)9-4-12-14(16-6-9)21(2)7-17-12/h4-8,10H,3H2,1-2H3,(H2,18,19,20,22)/t8-,10-/m0/s1. The monoisotopic (exact) mass is 296 g/mol. The molecule has 1 amide bonds. The lowest BCUT2D eigenvalue weighted by Crippen LogP contribution is -2.12. The zero-order chi connectivity index (χ0) is 15.3. The van der Waals surface area contributed by atoms with E-state index in [2.05, 4.69) is 32.4 Å². The number of H-pyrrole nitrogens is 1. The number of nitrogens with zero attached hydrogens (tertiary/aromatic N) is 4. The lowest BCUT2D eigenvalue weighted by molar-refractivity contribution is 0.102. The Labute approximate surface area is 126 Å². The van der Waals surface area contributed by atoms with Gasteiger partial charge in [0, 0.05) is 30.9 Å². The minimum atomic E-state index is -0.234. The number of rotatable bonds is 3. The van der Waals surface area contributed by atoms with Gasteiger partial charge in [-0.05, 0) is 18.4 Å². The number of imidazole rings is 1. The highest BCUT2D eigenvalue weighted by Crippen LogP contribution is 2.46. The number of aryl methyl sites for hydroxylation is 1. The second kappa shape index (κ2) is 4.66. The Kier molecular flexibility index (Phi) is 2.75. The number of aromatic nitrogens is 5. The van der Waals surface area contributed by atoms with Crippen LogP contribution in [0, 0.1) is 5.92 Å². The van der Waals surface area contributed by atoms with Crippen molar-refractivity contribution in [1.82, 2.24) is 24.7 Å². The van der Waals surface area contributed by atoms with Crippen molar-refractivity contribution in [3.05, 3.63) is 35.9 Å². The molecule has 22 heavy (non-hydrogen) atoms. The summed E-state index contributed by atoms with van der Waals surface area (Å²) in [5, 5.41) is 9.93. The fourth-order valence-corrected chi connectivity index (χ4v) is 2.67. The first-order valence-electron chi connectivity index (χ1n) is 7.25. The SMILES string of the molecule is C[C@H]1C[C@@H]1c1cc(NC(=O)c2cnc3c(c2)ncn3C)n[nH]1. The van der Waals surface area contributed by atoms with E-state index in [4.69, 9.17) is 0 Å². The number of pyridine rings is 1. The number of amides is 1. The van der Waals surface area contributed by atoms with Crippen LogP contribution in [0.3, 0.4) is 0 Å². The molecule has 0 radical (unpaired) electrons. The van der Waals surface area contributed by atoms with Crippen molar-refractivity contribution in [2.75, 3.05) is 5.32 Å². The first-order chi connectivity index (χ1) is 10.6. The minimum Gasteiger partial charge on any atom is -0.318 e. The Morgan fingerprint density at radius 3 is 3.00 bits per heavy atom. The van der Waals surface area contributed by atoms with Crippen molar-refractivity contribution in [2.45, 2.75) is 19.3 Å². The maximum Gasteiger partial charge on any atom is 0.258 e. The number of hydrogen-bond donors (Lipinski definition) is 2. The predicted octanol–water partition coefficient (Wildman–Crippen LogP) is 2.07. The third-order valence-electron chi connectivity index (χ3n) is 4.16. The van der Waals surface area contributed by atoms with Gasteiger partial charge in [-0.3, -0.25) is 9.89 Å². The summed E-state index contributed by atoms with van der Waals surface area (Å²) >= 11 is 0. The zero-order valence-electron chi connectivity index (χ0n) is 12.4. The molecule has 2 N–H and O–H groups in total. The van der Waals surface area contributed by atoms with E-state index in [1.54, 1.807) is 18.6 Å². The van der Waals surface area contributed by atoms with Crippen molar-refractivity contribution in [1.29, 1.82) is 0 Å². The molecule has 7 heteroatoms. The average molecular weight is 296 g/mol. The molecule has 7 nitrogen and oxygen atoms in total. The van der Waals surface area contributed by atoms with Crippen molar-refractivity contribution >= 4 is 22.9 Å². The van der Waals surface area contributed by atoms with Gasteiger partial charge in [0.15, 0.2) is 11.5 Å². The average Bonchev–Trinajstić information content (AvgIpc) is 2.92. The number of carbonyl (C=O) groups is 1. The quantitative estimate of drug-likeness (QED) is 0.774. The molecule has 112 valence electrons. The molecule has 0 aliphatic heterocycles. The Bertz CT molecular complexity index is 864. The molecule has 1 aliphatic rings. The minimum absolute atomic E-state index is 0.234. The summed E-state index contributed by atoms with van der Waals surface area (Å²) in [7, 11) is 1.87. The van der Waals surface area contributed by atoms with Crippen LogP contribution < -0.4 is 5.32 Å². The van der Waals surface area contributed by atoms with Gasteiger partial charge < -0.3 is 9.88 Å². The van der Waals surface area contributed by atoms with E-state index in [1.165, 1.54) is 6.42 Å². The van der Waals surface area contributed by atoms with E-state index in [0.29, 0.717) is 28.7 Å². The zero-order valence-corrected chi connectivity index (χ0v) is 12.4. The lowest BCUT2D eigenvalue weighted by atomic mass is 10.2. The molecule has 0 spiro atoms. The van der Waals surface area contributed by atoms with Gasteiger partial charge in [0.05, 0.1) is 11.9 Å². The van der Waals surface area contributed by atoms with Crippen molar-refractivity contribution in [2.24, 2.45) is 13.0 Å². The summed E-state index contributed by atoms with van der Waals surface area (Å²) in [5.74, 6) is 1.55. The highest BCUT2D eigenvalue weighted by molar-refractivity contribution is 6.04. The van der Waals surface area contributed by atoms with Crippen LogP contribution in [0.2, 0.25) is 0 Å². The molecule has 0 bridgehead atoms. The molecular weight excluding hydrogens is 280 g/mol. The molecular formula is C15H16N6O. The van der Waals surface area contributed by atoms with Gasteiger partial charge in [0.1, 0.15) is 5.52 Å². The summed E-state index contributed by atoms with van der Waals surface area (Å²) in [6.45, 7) is 2.21. The molecule has 2 atom stereocenters. The second-order valence-corrected chi connectivity index (χ2v) is 5.90. The maximum atomic E-state index is 12.3. The molecule has 4 rings (SSSR count). The van der Waals surface area contributed by atoms with Gasteiger partial charge in [-0.2, -0.15) is 5.10 Å². The van der Waals surface area contributed by atoms with Crippen molar-refractivity contribution < 1.29 is 4.79 Å². The Morgan fingerprint density at radius 2 is 2.23 bits per heavy atom. The van der Waals surface area contributed by atoms with Crippen LogP contribution in [0.25, 0.3) is 11.2 Å². The number of fused-ring (bicyclic) bond motifs is 1. The van der Waals surface area contributed by atoms with Gasteiger partial charge in [-0.25, -0.2) is 9.97 Å². The Morgan fingerprint density at radius 1 is 1.41 bits per heavy atom. The molecule has 1 aliphatic carbocycles. The van der Waals surface area contributed by atoms with Gasteiger partial charge >= 0.3 is 0 Å². The number of anilines is 1. The largest absolute Gasteiger partial charge is 0.318 e. The molecule has 1 fully saturated rings. The first-order valence-corrected chi connectivity index (χ1v) is 7.25. The summed E-state index contributed by atoms with van der Waals surface area (Å²) in [6.07, 6.45) is 4.40. The fraction of sp³-hybridized carbons (Fsp3) is 0.333. The van der Waals surface area contributed by atoms with Gasteiger partial charge in [0.25, 0.3) is 5.91 Å². The number of aromatic amines is 1. The smallest absolute Gasteiger partial charge is 0.258 e. The highest BCUT2D eigenvalue weighted by Gasteiger charge is 2.35. The van der Waals surface area contributed by atoms with Gasteiger partial charge in [0.2, 0.25) is 0 Å². The van der Waals surface area contributed by atoms with Crippen molar-refractivity contribution in [3.8, 4) is 0 Å². The van der Waals surface area contributed by atoms with Crippen LogP contribution >= 0.6 is 0 Å². The summed E-state index contributed by atoms with van der Waals surface area (Å²) in [6, 6.07) is 3.63. The Balaban J connectivity index is 1.54. The van der Waals surface area contributed by atoms with Crippen LogP contribution in [0.15, 0.2) is 24.7 Å². The number of carbonyl (C=O) groups excluding carboxylic acids is 1. The summed E-state index contributed by atoms with van der Waals surface area (Å²) < 4.78 is 1.81. The number of hydrogen-bond acceptors (Lipinski definition) is 4. The van der Waals surface area contributed by atoms with E-state index in [-0.39, 0.29) is 5.91 Å². The Hall–Kier alpha value is -2.70. The predicted molar refractivity (Wildman–Crippen MR) is 81.6 cm³/mol. The third kappa shape index (κ3) is 2.14. The second-order valence-electron chi connectivity index (χ2n) is 5.90. The van der Waals surface area contributed by atoms with Gasteiger partial charge in [-0.1, -0.05) is 6.92 Å². The van der Waals surface area contributed by atoms with Crippen LogP contribution in [-0.4, -0.2) is 30.6 Å². The molecule has 3 aromatic rings. The molecule has 0 unspecified atom stereocenters. The molecule has 0 saturated heterocycles. The topological polar surface area (TPSA) is 88.5 Å². The maximum absolute atomic E-state index is 12.3.